The highest BCUT2D eigenvalue weighted by molar-refractivity contribution is 7.86. The first-order valence-corrected chi connectivity index (χ1v) is 10.4. The zero-order valence-electron chi connectivity index (χ0n) is 16.1. The van der Waals surface area contributed by atoms with Gasteiger partial charge in [-0.3, -0.25) is 4.18 Å². The molecule has 3 aromatic rings. The SMILES string of the molecule is COC(=O)c1ccc(-n2cc(CCCOS(=O)(=O)c3cccc(C)c3)nn2)cc1. The van der Waals surface area contributed by atoms with Crippen LogP contribution in [0.25, 0.3) is 5.69 Å². The van der Waals surface area contributed by atoms with Crippen molar-refractivity contribution in [3.8, 4) is 5.69 Å². The average Bonchev–Trinajstić information content (AvgIpc) is 3.20. The number of nitrogens with zero attached hydrogens (tertiary/aromatic N) is 3. The minimum atomic E-state index is -3.77. The van der Waals surface area contributed by atoms with Gasteiger partial charge in [-0.25, -0.2) is 9.48 Å². The first-order chi connectivity index (χ1) is 13.9. The number of methoxy groups -OCH3 is 1. The van der Waals surface area contributed by atoms with E-state index in [-0.39, 0.29) is 11.5 Å². The van der Waals surface area contributed by atoms with Gasteiger partial charge in [-0.2, -0.15) is 8.42 Å². The Hall–Kier alpha value is -3.04. The number of carbonyl (C=O) groups is 1. The van der Waals surface area contributed by atoms with Crippen LogP contribution in [0.15, 0.2) is 59.6 Å². The molecule has 0 atom stereocenters. The molecule has 152 valence electrons. The van der Waals surface area contributed by atoms with Crippen LogP contribution in [0.4, 0.5) is 0 Å². The van der Waals surface area contributed by atoms with Crippen LogP contribution in [-0.2, 0) is 25.5 Å². The fourth-order valence-electron chi connectivity index (χ4n) is 2.67. The molecule has 0 N–H and O–H groups in total. The number of carbonyl (C=O) groups excluding carboxylic acids is 1. The normalized spacial score (nSPS) is 11.4. The minimum Gasteiger partial charge on any atom is -0.465 e. The molecule has 1 heterocycles. The van der Waals surface area contributed by atoms with Gasteiger partial charge in [0.25, 0.3) is 10.1 Å². The molecule has 0 fully saturated rings. The third-order valence-corrected chi connectivity index (χ3v) is 5.50. The lowest BCUT2D eigenvalue weighted by atomic mass is 10.2. The summed E-state index contributed by atoms with van der Waals surface area (Å²) in [5.74, 6) is -0.406. The average molecular weight is 415 g/mol. The van der Waals surface area contributed by atoms with Crippen LogP contribution in [-0.4, -0.2) is 43.1 Å². The van der Waals surface area contributed by atoms with Crippen molar-refractivity contribution in [1.29, 1.82) is 0 Å². The van der Waals surface area contributed by atoms with E-state index in [2.05, 4.69) is 15.0 Å². The van der Waals surface area contributed by atoms with E-state index in [0.29, 0.717) is 24.1 Å². The molecule has 9 heteroatoms. The molecule has 0 amide bonds. The predicted octanol–water partition coefficient (Wildman–Crippen LogP) is 2.70. The number of rotatable bonds is 8. The van der Waals surface area contributed by atoms with E-state index in [9.17, 15) is 13.2 Å². The summed E-state index contributed by atoms with van der Waals surface area (Å²) in [6.45, 7) is 1.88. The molecule has 0 saturated heterocycles. The number of esters is 1. The third-order valence-electron chi connectivity index (χ3n) is 4.19. The molecular formula is C20H21N3O5S. The second-order valence-electron chi connectivity index (χ2n) is 6.39. The molecule has 29 heavy (non-hydrogen) atoms. The number of ether oxygens (including phenoxy) is 1. The highest BCUT2D eigenvalue weighted by atomic mass is 32.2. The van der Waals surface area contributed by atoms with Crippen molar-refractivity contribution < 1.29 is 22.1 Å². The molecule has 0 radical (unpaired) electrons. The van der Waals surface area contributed by atoms with E-state index in [1.807, 2.05) is 13.0 Å². The molecule has 0 aliphatic carbocycles. The quantitative estimate of drug-likeness (QED) is 0.317. The summed E-state index contributed by atoms with van der Waals surface area (Å²) in [5.41, 5.74) is 2.75. The summed E-state index contributed by atoms with van der Waals surface area (Å²) in [4.78, 5) is 11.6. The molecule has 0 spiro atoms. The molecule has 0 saturated carbocycles. The Morgan fingerprint density at radius 3 is 2.59 bits per heavy atom. The van der Waals surface area contributed by atoms with Crippen LogP contribution in [0.3, 0.4) is 0 Å². The zero-order chi connectivity index (χ0) is 20.9. The van der Waals surface area contributed by atoms with Crippen LogP contribution >= 0.6 is 0 Å². The van der Waals surface area contributed by atoms with Crippen LogP contribution in [0, 0.1) is 6.92 Å². The van der Waals surface area contributed by atoms with Crippen molar-refractivity contribution in [2.45, 2.75) is 24.7 Å². The number of hydrogen-bond donors (Lipinski definition) is 0. The maximum Gasteiger partial charge on any atom is 0.337 e. The summed E-state index contributed by atoms with van der Waals surface area (Å²) < 4.78 is 35.7. The first kappa shape index (κ1) is 20.7. The fraction of sp³-hybridized carbons (Fsp3) is 0.250. The highest BCUT2D eigenvalue weighted by Gasteiger charge is 2.15. The lowest BCUT2D eigenvalue weighted by Crippen LogP contribution is -2.08. The Labute approximate surface area is 169 Å². The molecule has 8 nitrogen and oxygen atoms in total. The van der Waals surface area contributed by atoms with E-state index in [1.54, 1.807) is 47.3 Å². The summed E-state index contributed by atoms with van der Waals surface area (Å²) >= 11 is 0. The number of benzene rings is 2. The summed E-state index contributed by atoms with van der Waals surface area (Å²) in [6, 6.07) is 13.4. The van der Waals surface area contributed by atoms with Gasteiger partial charge in [0, 0.05) is 0 Å². The second kappa shape index (κ2) is 8.97. The topological polar surface area (TPSA) is 100 Å². The third kappa shape index (κ3) is 5.27. The van der Waals surface area contributed by atoms with Crippen molar-refractivity contribution in [2.75, 3.05) is 13.7 Å². The number of aromatic nitrogens is 3. The van der Waals surface area contributed by atoms with Crippen LogP contribution < -0.4 is 0 Å². The second-order valence-corrected chi connectivity index (χ2v) is 8.00. The molecule has 1 aromatic heterocycles. The summed E-state index contributed by atoms with van der Waals surface area (Å²) in [5, 5.41) is 8.14. The number of hydrogen-bond acceptors (Lipinski definition) is 7. The fourth-order valence-corrected chi connectivity index (χ4v) is 3.72. The number of aryl methyl sites for hydroxylation is 2. The molecule has 3 rings (SSSR count). The maximum atomic E-state index is 12.2. The van der Waals surface area contributed by atoms with Gasteiger partial charge in [0.2, 0.25) is 0 Å². The molecule has 2 aromatic carbocycles. The highest BCUT2D eigenvalue weighted by Crippen LogP contribution is 2.15. The molecule has 0 bridgehead atoms. The first-order valence-electron chi connectivity index (χ1n) is 8.95. The molecule has 0 unspecified atom stereocenters. The summed E-state index contributed by atoms with van der Waals surface area (Å²) in [7, 11) is -2.44. The van der Waals surface area contributed by atoms with Crippen LogP contribution in [0.2, 0.25) is 0 Å². The Balaban J connectivity index is 1.54. The van der Waals surface area contributed by atoms with Crippen LogP contribution in [0.5, 0.6) is 0 Å². The Kier molecular flexibility index (Phi) is 6.40. The predicted molar refractivity (Wildman–Crippen MR) is 105 cm³/mol. The van der Waals surface area contributed by atoms with Gasteiger partial charge in [-0.15, -0.1) is 5.10 Å². The van der Waals surface area contributed by atoms with E-state index < -0.39 is 16.1 Å². The molecular weight excluding hydrogens is 394 g/mol. The molecule has 0 aliphatic rings. The zero-order valence-corrected chi connectivity index (χ0v) is 16.9. The summed E-state index contributed by atoms with van der Waals surface area (Å²) in [6.07, 6.45) is 2.75. The monoisotopic (exact) mass is 415 g/mol. The van der Waals surface area contributed by atoms with Gasteiger partial charge < -0.3 is 4.74 Å². The Morgan fingerprint density at radius 2 is 1.90 bits per heavy atom. The van der Waals surface area contributed by atoms with E-state index in [1.165, 1.54) is 13.2 Å². The van der Waals surface area contributed by atoms with E-state index in [4.69, 9.17) is 4.18 Å². The molecule has 0 aliphatic heterocycles. The van der Waals surface area contributed by atoms with Gasteiger partial charge in [0.05, 0.1) is 41.8 Å². The smallest absolute Gasteiger partial charge is 0.337 e. The van der Waals surface area contributed by atoms with Crippen molar-refractivity contribution in [3.63, 3.8) is 0 Å². The van der Waals surface area contributed by atoms with E-state index >= 15 is 0 Å². The van der Waals surface area contributed by atoms with Crippen molar-refractivity contribution in [3.05, 3.63) is 71.5 Å². The maximum absolute atomic E-state index is 12.2. The van der Waals surface area contributed by atoms with Crippen LogP contribution in [0.1, 0.15) is 28.0 Å². The van der Waals surface area contributed by atoms with Crippen molar-refractivity contribution in [1.82, 2.24) is 15.0 Å². The minimum absolute atomic E-state index is 0.0525. The Morgan fingerprint density at radius 1 is 1.14 bits per heavy atom. The van der Waals surface area contributed by atoms with Gasteiger partial charge in [0.1, 0.15) is 0 Å². The van der Waals surface area contributed by atoms with Crippen molar-refractivity contribution in [2.24, 2.45) is 0 Å². The van der Waals surface area contributed by atoms with E-state index in [0.717, 1.165) is 11.3 Å². The largest absolute Gasteiger partial charge is 0.465 e. The van der Waals surface area contributed by atoms with Gasteiger partial charge >= 0.3 is 5.97 Å². The van der Waals surface area contributed by atoms with Gasteiger partial charge in [-0.05, 0) is 61.7 Å². The van der Waals surface area contributed by atoms with Gasteiger partial charge in [0.15, 0.2) is 0 Å². The van der Waals surface area contributed by atoms with Gasteiger partial charge in [-0.1, -0.05) is 17.3 Å². The lowest BCUT2D eigenvalue weighted by Gasteiger charge is -2.05. The van der Waals surface area contributed by atoms with Crippen molar-refractivity contribution >= 4 is 16.1 Å². The Bertz CT molecular complexity index is 1090. The lowest BCUT2D eigenvalue weighted by molar-refractivity contribution is 0.0600. The standard InChI is InChI=1S/C20H21N3O5S/c1-15-5-3-7-19(13-15)29(25,26)28-12-4-6-17-14-23(22-21-17)18-10-8-16(9-11-18)20(24)27-2/h3,5,7-11,13-14H,4,6,12H2,1-2H3.